The fraction of sp³-hybridized carbons (Fsp3) is 0.143. The average molecular weight is 398 g/mol. The van der Waals surface area contributed by atoms with Crippen LogP contribution in [0.2, 0.25) is 5.02 Å². The van der Waals surface area contributed by atoms with Gasteiger partial charge < -0.3 is 20.4 Å². The van der Waals surface area contributed by atoms with Crippen molar-refractivity contribution in [3.63, 3.8) is 0 Å². The molecule has 7 heteroatoms. The van der Waals surface area contributed by atoms with Gasteiger partial charge in [0, 0.05) is 16.4 Å². The molecular weight excluding hydrogens is 378 g/mol. The number of hydrogen-bond donors (Lipinski definition) is 3. The first-order chi connectivity index (χ1) is 13.5. The van der Waals surface area contributed by atoms with E-state index in [1.807, 2.05) is 6.92 Å². The lowest BCUT2D eigenvalue weighted by molar-refractivity contribution is -0.114. The molecule has 0 fully saturated rings. The van der Waals surface area contributed by atoms with Gasteiger partial charge in [-0.15, -0.1) is 0 Å². The molecule has 2 amide bonds. The Balaban J connectivity index is 1.60. The largest absolute Gasteiger partial charge is 0.467 e. The number of benzene rings is 2. The monoisotopic (exact) mass is 397 g/mol. The van der Waals surface area contributed by atoms with Crippen molar-refractivity contribution in [3.8, 4) is 0 Å². The molecule has 0 bridgehead atoms. The first-order valence-electron chi connectivity index (χ1n) is 8.73. The standard InChI is InChI=1S/C21H20ClN3O3/c1-14-17(22)8-4-10-18(14)25-20(26)13-23-19-9-3-2-7-16(19)21(27)24-12-15-6-5-11-28-15/h2-11,23H,12-13H2,1H3,(H,24,27)(H,25,26). The van der Waals surface area contributed by atoms with Crippen molar-refractivity contribution in [1.82, 2.24) is 5.32 Å². The fourth-order valence-corrected chi connectivity index (χ4v) is 2.80. The Morgan fingerprint density at radius 1 is 1.00 bits per heavy atom. The SMILES string of the molecule is Cc1c(Cl)cccc1NC(=O)CNc1ccccc1C(=O)NCc1ccco1. The third-order valence-electron chi connectivity index (χ3n) is 4.16. The van der Waals surface area contributed by atoms with Gasteiger partial charge >= 0.3 is 0 Å². The summed E-state index contributed by atoms with van der Waals surface area (Å²) in [5, 5.41) is 9.21. The second kappa shape index (κ2) is 9.10. The molecule has 3 aromatic rings. The van der Waals surface area contributed by atoms with E-state index in [0.29, 0.717) is 27.7 Å². The molecule has 0 atom stereocenters. The van der Waals surface area contributed by atoms with E-state index in [4.69, 9.17) is 16.0 Å². The van der Waals surface area contributed by atoms with Crippen LogP contribution in [-0.2, 0) is 11.3 Å². The quantitative estimate of drug-likeness (QED) is 0.557. The van der Waals surface area contributed by atoms with Crippen LogP contribution in [0.5, 0.6) is 0 Å². The number of furan rings is 1. The number of para-hydroxylation sites is 1. The van der Waals surface area contributed by atoms with Crippen molar-refractivity contribution >= 4 is 34.8 Å². The van der Waals surface area contributed by atoms with Gasteiger partial charge in [-0.1, -0.05) is 29.8 Å². The van der Waals surface area contributed by atoms with Crippen LogP contribution in [0.15, 0.2) is 65.3 Å². The smallest absolute Gasteiger partial charge is 0.253 e. The van der Waals surface area contributed by atoms with Crippen molar-refractivity contribution in [3.05, 3.63) is 82.8 Å². The molecular formula is C21H20ClN3O3. The highest BCUT2D eigenvalue weighted by Crippen LogP contribution is 2.23. The maximum absolute atomic E-state index is 12.5. The topological polar surface area (TPSA) is 83.4 Å². The van der Waals surface area contributed by atoms with Crippen LogP contribution >= 0.6 is 11.6 Å². The molecule has 0 spiro atoms. The molecule has 0 radical (unpaired) electrons. The zero-order valence-corrected chi connectivity index (χ0v) is 16.0. The number of carbonyl (C=O) groups is 2. The van der Waals surface area contributed by atoms with E-state index in [-0.39, 0.29) is 24.9 Å². The molecule has 3 N–H and O–H groups in total. The Morgan fingerprint density at radius 3 is 2.57 bits per heavy atom. The predicted molar refractivity (Wildman–Crippen MR) is 110 cm³/mol. The minimum absolute atomic E-state index is 0.00836. The zero-order chi connectivity index (χ0) is 19.9. The Bertz CT molecular complexity index is 971. The van der Waals surface area contributed by atoms with E-state index in [0.717, 1.165) is 5.56 Å². The summed E-state index contributed by atoms with van der Waals surface area (Å²) in [5.41, 5.74) is 2.47. The number of amides is 2. The van der Waals surface area contributed by atoms with Gasteiger partial charge in [0.25, 0.3) is 5.91 Å². The first-order valence-corrected chi connectivity index (χ1v) is 9.11. The number of hydrogen-bond acceptors (Lipinski definition) is 4. The minimum Gasteiger partial charge on any atom is -0.467 e. The summed E-state index contributed by atoms with van der Waals surface area (Å²) in [6.45, 7) is 2.13. The summed E-state index contributed by atoms with van der Waals surface area (Å²) in [7, 11) is 0. The number of rotatable bonds is 7. The maximum Gasteiger partial charge on any atom is 0.253 e. The summed E-state index contributed by atoms with van der Waals surface area (Å²) in [6, 6.07) is 15.9. The molecule has 0 aliphatic carbocycles. The van der Waals surface area contributed by atoms with Gasteiger partial charge in [0.2, 0.25) is 5.91 Å². The summed E-state index contributed by atoms with van der Waals surface area (Å²) in [6.07, 6.45) is 1.55. The second-order valence-corrected chi connectivity index (χ2v) is 6.53. The molecule has 1 heterocycles. The number of nitrogens with one attached hydrogen (secondary N) is 3. The molecule has 2 aromatic carbocycles. The summed E-state index contributed by atoms with van der Waals surface area (Å²) >= 11 is 6.07. The van der Waals surface area contributed by atoms with Gasteiger partial charge in [0.15, 0.2) is 0 Å². The fourth-order valence-electron chi connectivity index (χ4n) is 2.62. The average Bonchev–Trinajstić information content (AvgIpc) is 3.22. The molecule has 0 aliphatic rings. The van der Waals surface area contributed by atoms with Crippen molar-refractivity contribution in [2.24, 2.45) is 0 Å². The molecule has 0 unspecified atom stereocenters. The lowest BCUT2D eigenvalue weighted by Crippen LogP contribution is -2.26. The molecule has 0 saturated carbocycles. The number of halogens is 1. The Hall–Kier alpha value is -3.25. The normalized spacial score (nSPS) is 10.4. The van der Waals surface area contributed by atoms with Crippen molar-refractivity contribution < 1.29 is 14.0 Å². The highest BCUT2D eigenvalue weighted by Gasteiger charge is 2.13. The molecule has 6 nitrogen and oxygen atoms in total. The van der Waals surface area contributed by atoms with E-state index in [2.05, 4.69) is 16.0 Å². The van der Waals surface area contributed by atoms with Crippen LogP contribution < -0.4 is 16.0 Å². The summed E-state index contributed by atoms with van der Waals surface area (Å²) in [5.74, 6) is 0.164. The van der Waals surface area contributed by atoms with Gasteiger partial charge in [0.1, 0.15) is 5.76 Å². The number of anilines is 2. The predicted octanol–water partition coefficient (Wildman–Crippen LogP) is 4.22. The van der Waals surface area contributed by atoms with E-state index < -0.39 is 0 Å². The lowest BCUT2D eigenvalue weighted by Gasteiger charge is -2.13. The Kier molecular flexibility index (Phi) is 6.34. The third-order valence-corrected chi connectivity index (χ3v) is 4.57. The summed E-state index contributed by atoms with van der Waals surface area (Å²) in [4.78, 5) is 24.8. The third kappa shape index (κ3) is 4.92. The van der Waals surface area contributed by atoms with E-state index in [1.54, 1.807) is 60.9 Å². The van der Waals surface area contributed by atoms with E-state index in [1.165, 1.54) is 0 Å². The van der Waals surface area contributed by atoms with Gasteiger partial charge in [-0.3, -0.25) is 9.59 Å². The molecule has 28 heavy (non-hydrogen) atoms. The minimum atomic E-state index is -0.259. The van der Waals surface area contributed by atoms with Crippen LogP contribution in [0, 0.1) is 6.92 Å². The van der Waals surface area contributed by atoms with E-state index >= 15 is 0 Å². The van der Waals surface area contributed by atoms with Crippen molar-refractivity contribution in [2.45, 2.75) is 13.5 Å². The Labute approximate surface area is 167 Å². The molecule has 3 rings (SSSR count). The van der Waals surface area contributed by atoms with Gasteiger partial charge in [0.05, 0.1) is 24.9 Å². The number of carbonyl (C=O) groups excluding carboxylic acids is 2. The summed E-state index contributed by atoms with van der Waals surface area (Å²) < 4.78 is 5.21. The molecule has 0 aliphatic heterocycles. The van der Waals surface area contributed by atoms with Crippen molar-refractivity contribution in [1.29, 1.82) is 0 Å². The molecule has 0 saturated heterocycles. The highest BCUT2D eigenvalue weighted by atomic mass is 35.5. The molecule has 1 aromatic heterocycles. The zero-order valence-electron chi connectivity index (χ0n) is 15.3. The lowest BCUT2D eigenvalue weighted by atomic mass is 10.1. The van der Waals surface area contributed by atoms with Crippen LogP contribution in [0.4, 0.5) is 11.4 Å². The van der Waals surface area contributed by atoms with Gasteiger partial charge in [-0.05, 0) is 48.9 Å². The van der Waals surface area contributed by atoms with Crippen LogP contribution in [0.1, 0.15) is 21.7 Å². The van der Waals surface area contributed by atoms with Gasteiger partial charge in [-0.25, -0.2) is 0 Å². The van der Waals surface area contributed by atoms with Gasteiger partial charge in [-0.2, -0.15) is 0 Å². The van der Waals surface area contributed by atoms with Crippen LogP contribution in [0.3, 0.4) is 0 Å². The van der Waals surface area contributed by atoms with E-state index in [9.17, 15) is 9.59 Å². The second-order valence-electron chi connectivity index (χ2n) is 6.12. The van der Waals surface area contributed by atoms with Crippen molar-refractivity contribution in [2.75, 3.05) is 17.2 Å². The first kappa shape index (κ1) is 19.5. The maximum atomic E-state index is 12.5. The van der Waals surface area contributed by atoms with Crippen LogP contribution in [-0.4, -0.2) is 18.4 Å². The highest BCUT2D eigenvalue weighted by molar-refractivity contribution is 6.31. The molecule has 144 valence electrons. The van der Waals surface area contributed by atoms with Crippen LogP contribution in [0.25, 0.3) is 0 Å². The Morgan fingerprint density at radius 2 is 1.79 bits per heavy atom.